The number of sulfonamides is 1. The Kier molecular flexibility index (Phi) is 4.24. The lowest BCUT2D eigenvalue weighted by Gasteiger charge is -2.08. The van der Waals surface area contributed by atoms with E-state index in [-0.39, 0.29) is 17.1 Å². The molecule has 0 saturated carbocycles. The minimum atomic E-state index is -3.87. The maximum Gasteiger partial charge on any atom is 0.270 e. The molecule has 0 amide bonds. The molecule has 0 aliphatic heterocycles. The molecule has 3 rings (SSSR count). The van der Waals surface area contributed by atoms with Crippen molar-refractivity contribution in [1.29, 1.82) is 0 Å². The number of nitro groups is 1. The summed E-state index contributed by atoms with van der Waals surface area (Å²) >= 11 is 0. The highest BCUT2D eigenvalue weighted by atomic mass is 32.2. The Morgan fingerprint density at radius 1 is 1.08 bits per heavy atom. The van der Waals surface area contributed by atoms with Gasteiger partial charge in [-0.05, 0) is 17.7 Å². The fourth-order valence-electron chi connectivity index (χ4n) is 2.33. The molecule has 1 aromatic heterocycles. The second-order valence-electron chi connectivity index (χ2n) is 5.07. The van der Waals surface area contributed by atoms with Crippen LogP contribution >= 0.6 is 0 Å². The largest absolute Gasteiger partial charge is 0.270 e. The summed E-state index contributed by atoms with van der Waals surface area (Å²) in [5.41, 5.74) is 1.16. The van der Waals surface area contributed by atoms with Crippen LogP contribution in [0.25, 0.3) is 10.9 Å². The van der Waals surface area contributed by atoms with E-state index >= 15 is 0 Å². The van der Waals surface area contributed by atoms with Gasteiger partial charge in [-0.3, -0.25) is 15.1 Å². The summed E-state index contributed by atoms with van der Waals surface area (Å²) < 4.78 is 27.2. The van der Waals surface area contributed by atoms with Crippen LogP contribution in [0.15, 0.2) is 65.7 Å². The van der Waals surface area contributed by atoms with Gasteiger partial charge in [0.2, 0.25) is 10.0 Å². The molecule has 0 radical (unpaired) electrons. The van der Waals surface area contributed by atoms with E-state index < -0.39 is 14.9 Å². The number of benzene rings is 2. The molecule has 2 aromatic carbocycles. The van der Waals surface area contributed by atoms with E-state index in [1.54, 1.807) is 18.3 Å². The third kappa shape index (κ3) is 3.24. The number of nitrogens with zero attached hydrogens (tertiary/aromatic N) is 2. The Morgan fingerprint density at radius 2 is 1.83 bits per heavy atom. The fourth-order valence-corrected chi connectivity index (χ4v) is 3.38. The van der Waals surface area contributed by atoms with E-state index in [2.05, 4.69) is 9.71 Å². The van der Waals surface area contributed by atoms with Gasteiger partial charge in [0.1, 0.15) is 0 Å². The summed E-state index contributed by atoms with van der Waals surface area (Å²) in [4.78, 5) is 14.3. The highest BCUT2D eigenvalue weighted by molar-refractivity contribution is 7.89. The molecule has 7 nitrogen and oxygen atoms in total. The summed E-state index contributed by atoms with van der Waals surface area (Å²) in [7, 11) is -3.87. The Hall–Kier alpha value is -2.84. The normalized spacial score (nSPS) is 11.5. The average Bonchev–Trinajstić information content (AvgIpc) is 2.60. The summed E-state index contributed by atoms with van der Waals surface area (Å²) in [6.07, 6.45) is 1.64. The second-order valence-corrected chi connectivity index (χ2v) is 6.84. The van der Waals surface area contributed by atoms with Gasteiger partial charge in [-0.25, -0.2) is 13.1 Å². The Morgan fingerprint density at radius 3 is 2.62 bits per heavy atom. The molecule has 0 aliphatic rings. The quantitative estimate of drug-likeness (QED) is 0.567. The minimum absolute atomic E-state index is 0.0411. The maximum absolute atomic E-state index is 12.4. The van der Waals surface area contributed by atoms with Crippen LogP contribution < -0.4 is 4.72 Å². The molecule has 0 unspecified atom stereocenters. The minimum Gasteiger partial charge on any atom is -0.258 e. The van der Waals surface area contributed by atoms with Crippen molar-refractivity contribution in [2.24, 2.45) is 0 Å². The molecule has 1 heterocycles. The highest BCUT2D eigenvalue weighted by Gasteiger charge is 2.17. The molecule has 0 aliphatic carbocycles. The van der Waals surface area contributed by atoms with Crippen LogP contribution in [0.2, 0.25) is 0 Å². The summed E-state index contributed by atoms with van der Waals surface area (Å²) in [5, 5.41) is 11.7. The van der Waals surface area contributed by atoms with Gasteiger partial charge in [0.25, 0.3) is 5.69 Å². The van der Waals surface area contributed by atoms with Crippen molar-refractivity contribution in [3.63, 3.8) is 0 Å². The van der Waals surface area contributed by atoms with Crippen molar-refractivity contribution in [3.8, 4) is 0 Å². The Labute approximate surface area is 138 Å². The van der Waals surface area contributed by atoms with Gasteiger partial charge in [-0.2, -0.15) is 0 Å². The standard InChI is InChI=1S/C16H13N3O4S/c20-19(21)14-7-2-8-15(10-14)24(22,23)18-11-13-5-1-4-12-6-3-9-17-16(12)13/h1-10,18H,11H2. The number of nitrogens with one attached hydrogen (secondary N) is 1. The number of non-ortho nitro benzene ring substituents is 1. The molecule has 0 fully saturated rings. The van der Waals surface area contributed by atoms with Gasteiger partial charge >= 0.3 is 0 Å². The van der Waals surface area contributed by atoms with Crippen LogP contribution in [0, 0.1) is 10.1 Å². The number of hydrogen-bond donors (Lipinski definition) is 1. The molecule has 0 atom stereocenters. The van der Waals surface area contributed by atoms with Gasteiger partial charge in [0.05, 0.1) is 15.3 Å². The molecule has 3 aromatic rings. The van der Waals surface area contributed by atoms with E-state index in [1.807, 2.05) is 18.2 Å². The molecule has 0 spiro atoms. The Bertz CT molecular complexity index is 1010. The van der Waals surface area contributed by atoms with E-state index in [9.17, 15) is 18.5 Å². The van der Waals surface area contributed by atoms with E-state index in [0.29, 0.717) is 5.52 Å². The van der Waals surface area contributed by atoms with Crippen LogP contribution in [0.5, 0.6) is 0 Å². The lowest BCUT2D eigenvalue weighted by Crippen LogP contribution is -2.23. The van der Waals surface area contributed by atoms with Crippen LogP contribution in [0.1, 0.15) is 5.56 Å². The molecule has 8 heteroatoms. The first kappa shape index (κ1) is 16.0. The molecule has 1 N–H and O–H groups in total. The Balaban J connectivity index is 1.87. The highest BCUT2D eigenvalue weighted by Crippen LogP contribution is 2.19. The first-order valence-electron chi connectivity index (χ1n) is 7.04. The summed E-state index contributed by atoms with van der Waals surface area (Å²) in [6.45, 7) is 0.0411. The number of fused-ring (bicyclic) bond motifs is 1. The maximum atomic E-state index is 12.4. The van der Waals surface area contributed by atoms with Crippen LogP contribution in [0.3, 0.4) is 0 Å². The molecule has 122 valence electrons. The third-order valence-electron chi connectivity index (χ3n) is 3.51. The molecular formula is C16H13N3O4S. The number of hydrogen-bond acceptors (Lipinski definition) is 5. The van der Waals surface area contributed by atoms with Gasteiger partial charge in [-0.15, -0.1) is 0 Å². The van der Waals surface area contributed by atoms with Crippen LogP contribution in [-0.4, -0.2) is 18.3 Å². The van der Waals surface area contributed by atoms with Crippen molar-refractivity contribution in [3.05, 3.63) is 76.5 Å². The van der Waals surface area contributed by atoms with Gasteiger partial charge in [0, 0.05) is 30.3 Å². The van der Waals surface area contributed by atoms with Crippen LogP contribution in [0.4, 0.5) is 5.69 Å². The van der Waals surface area contributed by atoms with Gasteiger partial charge in [-0.1, -0.05) is 30.3 Å². The van der Waals surface area contributed by atoms with Gasteiger partial charge < -0.3 is 0 Å². The first-order chi connectivity index (χ1) is 11.5. The fraction of sp³-hybridized carbons (Fsp3) is 0.0625. The topological polar surface area (TPSA) is 102 Å². The lowest BCUT2D eigenvalue weighted by molar-refractivity contribution is -0.385. The number of rotatable bonds is 5. The second kappa shape index (κ2) is 6.34. The third-order valence-corrected chi connectivity index (χ3v) is 4.91. The van der Waals surface area contributed by atoms with Crippen molar-refractivity contribution >= 4 is 26.6 Å². The van der Waals surface area contributed by atoms with Crippen molar-refractivity contribution in [1.82, 2.24) is 9.71 Å². The van der Waals surface area contributed by atoms with Crippen molar-refractivity contribution in [2.45, 2.75) is 11.4 Å². The number of nitro benzene ring substituents is 1. The smallest absolute Gasteiger partial charge is 0.258 e. The van der Waals surface area contributed by atoms with Crippen LogP contribution in [-0.2, 0) is 16.6 Å². The van der Waals surface area contributed by atoms with E-state index in [1.165, 1.54) is 18.2 Å². The number of para-hydroxylation sites is 1. The average molecular weight is 343 g/mol. The number of pyridine rings is 1. The summed E-state index contributed by atoms with van der Waals surface area (Å²) in [5.74, 6) is 0. The van der Waals surface area contributed by atoms with Crippen molar-refractivity contribution < 1.29 is 13.3 Å². The zero-order valence-electron chi connectivity index (χ0n) is 12.4. The SMILES string of the molecule is O=[N+]([O-])c1cccc(S(=O)(=O)NCc2cccc3cccnc23)c1. The first-order valence-corrected chi connectivity index (χ1v) is 8.52. The monoisotopic (exact) mass is 343 g/mol. The molecular weight excluding hydrogens is 330 g/mol. The van der Waals surface area contributed by atoms with E-state index in [0.717, 1.165) is 17.0 Å². The number of aromatic nitrogens is 1. The predicted molar refractivity (Wildman–Crippen MR) is 88.9 cm³/mol. The van der Waals surface area contributed by atoms with E-state index in [4.69, 9.17) is 0 Å². The zero-order chi connectivity index (χ0) is 17.2. The zero-order valence-corrected chi connectivity index (χ0v) is 13.2. The molecule has 24 heavy (non-hydrogen) atoms. The molecule has 0 bridgehead atoms. The van der Waals surface area contributed by atoms with Gasteiger partial charge in [0.15, 0.2) is 0 Å². The van der Waals surface area contributed by atoms with Crippen molar-refractivity contribution in [2.75, 3.05) is 0 Å². The predicted octanol–water partition coefficient (Wildman–Crippen LogP) is 2.62. The molecule has 0 saturated heterocycles. The summed E-state index contributed by atoms with van der Waals surface area (Å²) in [6, 6.07) is 14.1. The lowest BCUT2D eigenvalue weighted by atomic mass is 10.1.